The number of hydrogen-bond donors (Lipinski definition) is 0. The molecular weight excluding hydrogens is 156 g/mol. The van der Waals surface area contributed by atoms with E-state index in [1.165, 1.54) is 5.67 Å². The van der Waals surface area contributed by atoms with E-state index in [1.54, 1.807) is 5.67 Å². The Morgan fingerprint density at radius 3 is 1.89 bits per heavy atom. The van der Waals surface area contributed by atoms with Crippen LogP contribution < -0.4 is 0 Å². The van der Waals surface area contributed by atoms with Crippen LogP contribution in [-0.4, -0.2) is 27.1 Å². The molecule has 0 aromatic heterocycles. The predicted octanol–water partition coefficient (Wildman–Crippen LogP) is 1.31. The minimum atomic E-state index is -0.666. The Balaban J connectivity index is 3.58. The summed E-state index contributed by atoms with van der Waals surface area (Å²) in [5.41, 5.74) is 3.13. The smallest absolute Gasteiger partial charge is 0.0411 e. The van der Waals surface area contributed by atoms with E-state index >= 15 is 0 Å². The molecule has 0 saturated carbocycles. The highest BCUT2D eigenvalue weighted by molar-refractivity contribution is 6.90. The Bertz CT molecular complexity index is 78.4. The van der Waals surface area contributed by atoms with E-state index in [4.69, 9.17) is 0 Å². The highest BCUT2D eigenvalue weighted by atomic mass is 28.4. The molecule has 0 saturated heterocycles. The molecule has 0 rings (SSSR count). The second-order valence-electron chi connectivity index (χ2n) is 4.01. The normalized spacial score (nSPS) is 12.7. The topological polar surface area (TPSA) is 0 Å². The molecule has 9 heavy (non-hydrogen) atoms. The third-order valence-electron chi connectivity index (χ3n) is 1.64. The number of rotatable bonds is 3. The molecule has 1 radical (unpaired) electrons. The first-order chi connectivity index (χ1) is 3.98. The minimum Gasteiger partial charge on any atom is -0.0724 e. The summed E-state index contributed by atoms with van der Waals surface area (Å²) in [5.74, 6) is 0. The maximum absolute atomic E-state index is 2.52. The van der Waals surface area contributed by atoms with Gasteiger partial charge in [-0.05, 0) is 0 Å². The summed E-state index contributed by atoms with van der Waals surface area (Å²) in [4.78, 5) is 0. The Morgan fingerprint density at radius 2 is 1.78 bits per heavy atom. The zero-order chi connectivity index (χ0) is 7.49. The molecule has 0 aromatic rings. The lowest BCUT2D eigenvalue weighted by Gasteiger charge is -2.21. The minimum absolute atomic E-state index is 0.247. The fraction of sp³-hybridized carbons (Fsp3) is 1.00. The van der Waals surface area contributed by atoms with Crippen molar-refractivity contribution < 1.29 is 0 Å². The molecule has 55 valence electrons. The van der Waals surface area contributed by atoms with Crippen molar-refractivity contribution in [1.29, 1.82) is 0 Å². The monoisotopic (exact) mass is 175 g/mol. The summed E-state index contributed by atoms with van der Waals surface area (Å²) in [6.07, 6.45) is 0. The number of hydrogen-bond acceptors (Lipinski definition) is 0. The van der Waals surface area contributed by atoms with Crippen LogP contribution in [0.1, 0.15) is 0 Å². The average Bonchev–Trinajstić information content (AvgIpc) is 1.63. The zero-order valence-corrected chi connectivity index (χ0v) is 10.8. The van der Waals surface area contributed by atoms with E-state index in [0.717, 1.165) is 0 Å². The zero-order valence-electron chi connectivity index (χ0n) is 7.20. The van der Waals surface area contributed by atoms with Crippen LogP contribution in [0.15, 0.2) is 0 Å². The lowest BCUT2D eigenvalue weighted by Crippen LogP contribution is -2.30. The fourth-order valence-electron chi connectivity index (χ4n) is 1.21. The molecule has 0 aromatic carbocycles. The van der Waals surface area contributed by atoms with Gasteiger partial charge in [-0.15, -0.1) is 0 Å². The molecule has 0 aliphatic rings. The molecular formula is C6H19Si3. The van der Waals surface area contributed by atoms with Gasteiger partial charge in [0.2, 0.25) is 0 Å². The average molecular weight is 175 g/mol. The summed E-state index contributed by atoms with van der Waals surface area (Å²) >= 11 is 0. The highest BCUT2D eigenvalue weighted by Crippen LogP contribution is 2.14. The Hall–Kier alpha value is 0.651. The van der Waals surface area contributed by atoms with Gasteiger partial charge in [-0.2, -0.15) is 0 Å². The SMILES string of the molecule is C[SiH](C)C[Si](C)(C)C[SiH2]. The van der Waals surface area contributed by atoms with Crippen LogP contribution in [0.25, 0.3) is 0 Å². The first-order valence-electron chi connectivity index (χ1n) is 3.77. The maximum Gasteiger partial charge on any atom is 0.0411 e. The highest BCUT2D eigenvalue weighted by Gasteiger charge is 2.18. The molecule has 0 atom stereocenters. The molecule has 0 nitrogen and oxygen atoms in total. The van der Waals surface area contributed by atoms with E-state index in [-0.39, 0.29) is 8.80 Å². The van der Waals surface area contributed by atoms with Crippen LogP contribution in [0.5, 0.6) is 0 Å². The van der Waals surface area contributed by atoms with Crippen LogP contribution in [0.2, 0.25) is 37.5 Å². The second kappa shape index (κ2) is 3.73. The van der Waals surface area contributed by atoms with Gasteiger partial charge in [0.25, 0.3) is 0 Å². The summed E-state index contributed by atoms with van der Waals surface area (Å²) < 4.78 is 0. The van der Waals surface area contributed by atoms with Crippen LogP contribution in [0, 0.1) is 0 Å². The maximum atomic E-state index is 2.52. The molecule has 0 amide bonds. The molecule has 0 unspecified atom stereocenters. The van der Waals surface area contributed by atoms with Crippen molar-refractivity contribution in [2.45, 2.75) is 37.5 Å². The van der Waals surface area contributed by atoms with Gasteiger partial charge in [0.15, 0.2) is 0 Å². The van der Waals surface area contributed by atoms with Gasteiger partial charge < -0.3 is 0 Å². The van der Waals surface area contributed by atoms with E-state index in [0.29, 0.717) is 0 Å². The van der Waals surface area contributed by atoms with Crippen molar-refractivity contribution in [3.05, 3.63) is 0 Å². The quantitative estimate of drug-likeness (QED) is 0.568. The third-order valence-corrected chi connectivity index (χ3v) is 14.7. The lowest BCUT2D eigenvalue weighted by molar-refractivity contribution is 1.55. The van der Waals surface area contributed by atoms with Gasteiger partial charge in [0.05, 0.1) is 0 Å². The molecule has 0 aliphatic carbocycles. The molecule has 0 N–H and O–H groups in total. The summed E-state index contributed by atoms with van der Waals surface area (Å²) in [6.45, 7) is 9.97. The third kappa shape index (κ3) is 5.11. The largest absolute Gasteiger partial charge is 0.0724 e. The van der Waals surface area contributed by atoms with Gasteiger partial charge in [0.1, 0.15) is 0 Å². The van der Waals surface area contributed by atoms with E-state index in [2.05, 4.69) is 36.4 Å². The Kier molecular flexibility index (Phi) is 4.00. The molecule has 3 heteroatoms. The second-order valence-corrected chi connectivity index (χ2v) is 14.8. The van der Waals surface area contributed by atoms with E-state index in [9.17, 15) is 0 Å². The van der Waals surface area contributed by atoms with Gasteiger partial charge in [-0.3, -0.25) is 0 Å². The van der Waals surface area contributed by atoms with Crippen molar-refractivity contribution in [3.63, 3.8) is 0 Å². The van der Waals surface area contributed by atoms with Gasteiger partial charge in [-0.1, -0.05) is 37.5 Å². The molecule has 0 fully saturated rings. The van der Waals surface area contributed by atoms with Gasteiger partial charge in [0, 0.05) is 27.1 Å². The summed E-state index contributed by atoms with van der Waals surface area (Å²) in [7, 11) is 1.25. The van der Waals surface area contributed by atoms with Crippen molar-refractivity contribution >= 4 is 27.1 Å². The van der Waals surface area contributed by atoms with Gasteiger partial charge >= 0.3 is 0 Å². The van der Waals surface area contributed by atoms with Gasteiger partial charge in [-0.25, -0.2) is 0 Å². The van der Waals surface area contributed by atoms with Crippen molar-refractivity contribution in [3.8, 4) is 0 Å². The Morgan fingerprint density at radius 1 is 1.33 bits per heavy atom. The van der Waals surface area contributed by atoms with Crippen LogP contribution in [-0.2, 0) is 0 Å². The van der Waals surface area contributed by atoms with Crippen LogP contribution in [0.4, 0.5) is 0 Å². The summed E-state index contributed by atoms with van der Waals surface area (Å²) in [5, 5.41) is 0. The van der Waals surface area contributed by atoms with Crippen molar-refractivity contribution in [1.82, 2.24) is 0 Å². The van der Waals surface area contributed by atoms with Crippen molar-refractivity contribution in [2.24, 2.45) is 0 Å². The van der Waals surface area contributed by atoms with E-state index in [1.807, 2.05) is 0 Å². The first-order valence-corrected chi connectivity index (χ1v) is 11.3. The molecule has 0 bridgehead atoms. The molecule has 0 spiro atoms. The predicted molar refractivity (Wildman–Crippen MR) is 54.5 cm³/mol. The molecule has 0 aliphatic heterocycles. The Labute approximate surface area is 65.1 Å². The first kappa shape index (κ1) is 9.65. The van der Waals surface area contributed by atoms with Crippen LogP contribution >= 0.6 is 0 Å². The lowest BCUT2D eigenvalue weighted by atomic mass is 11.7. The summed E-state index contributed by atoms with van der Waals surface area (Å²) in [6, 6.07) is 0. The van der Waals surface area contributed by atoms with E-state index < -0.39 is 8.07 Å². The van der Waals surface area contributed by atoms with Crippen molar-refractivity contribution in [2.75, 3.05) is 0 Å². The fourth-order valence-corrected chi connectivity index (χ4v) is 12.7. The standard InChI is InChI=1S/C6H19Si3/c1-8(2)6-9(3,4)5-7/h8H,5-7H2,1-4H3. The molecule has 0 heterocycles. The van der Waals surface area contributed by atoms with Crippen LogP contribution in [0.3, 0.4) is 0 Å².